The average Bonchev–Trinajstić information content (AvgIpc) is 2.29. The lowest BCUT2D eigenvalue weighted by atomic mass is 10.1. The molecule has 0 aliphatic heterocycles. The molecule has 1 unspecified atom stereocenters. The first-order valence-electron chi connectivity index (χ1n) is 4.84. The van der Waals surface area contributed by atoms with Crippen LogP contribution in [0.2, 0.25) is 0 Å². The van der Waals surface area contributed by atoms with Crippen molar-refractivity contribution < 1.29 is 4.79 Å². The highest BCUT2D eigenvalue weighted by Crippen LogP contribution is 2.01. The quantitative estimate of drug-likeness (QED) is 0.800. The van der Waals surface area contributed by atoms with Gasteiger partial charge in [0.25, 0.3) is 0 Å². The SMILES string of the molecule is CCC(C#N)C(=O)NCc1ccncc1. The van der Waals surface area contributed by atoms with Crippen LogP contribution in [0.4, 0.5) is 0 Å². The van der Waals surface area contributed by atoms with Crippen molar-refractivity contribution in [2.45, 2.75) is 19.9 Å². The van der Waals surface area contributed by atoms with Crippen LogP contribution >= 0.6 is 0 Å². The normalized spacial score (nSPS) is 11.5. The van der Waals surface area contributed by atoms with E-state index in [9.17, 15) is 4.79 Å². The molecule has 4 heteroatoms. The molecule has 1 amide bonds. The molecular formula is C11H13N3O. The Bertz CT molecular complexity index is 356. The van der Waals surface area contributed by atoms with Gasteiger partial charge in [-0.1, -0.05) is 6.92 Å². The Labute approximate surface area is 88.9 Å². The van der Waals surface area contributed by atoms with Gasteiger partial charge in [-0.25, -0.2) is 0 Å². The third-order valence-corrected chi connectivity index (χ3v) is 2.10. The number of carbonyl (C=O) groups excluding carboxylic acids is 1. The van der Waals surface area contributed by atoms with Crippen LogP contribution in [0.1, 0.15) is 18.9 Å². The van der Waals surface area contributed by atoms with Crippen molar-refractivity contribution in [3.8, 4) is 6.07 Å². The van der Waals surface area contributed by atoms with Gasteiger partial charge < -0.3 is 5.32 Å². The topological polar surface area (TPSA) is 65.8 Å². The fourth-order valence-electron chi connectivity index (χ4n) is 1.15. The molecule has 0 saturated carbocycles. The van der Waals surface area contributed by atoms with E-state index in [-0.39, 0.29) is 5.91 Å². The van der Waals surface area contributed by atoms with E-state index in [2.05, 4.69) is 10.3 Å². The molecule has 0 spiro atoms. The van der Waals surface area contributed by atoms with Gasteiger partial charge in [0.05, 0.1) is 6.07 Å². The molecule has 78 valence electrons. The van der Waals surface area contributed by atoms with Crippen LogP contribution in [0, 0.1) is 17.2 Å². The van der Waals surface area contributed by atoms with E-state index in [4.69, 9.17) is 5.26 Å². The molecule has 0 bridgehead atoms. The Morgan fingerprint density at radius 1 is 1.60 bits per heavy atom. The van der Waals surface area contributed by atoms with Crippen LogP contribution in [0.15, 0.2) is 24.5 Å². The first-order valence-corrected chi connectivity index (χ1v) is 4.84. The minimum atomic E-state index is -0.549. The summed E-state index contributed by atoms with van der Waals surface area (Å²) in [5.74, 6) is -0.761. The summed E-state index contributed by atoms with van der Waals surface area (Å²) in [7, 11) is 0. The number of carbonyl (C=O) groups is 1. The van der Waals surface area contributed by atoms with Crippen molar-refractivity contribution in [1.82, 2.24) is 10.3 Å². The second-order valence-corrected chi connectivity index (χ2v) is 3.16. The second kappa shape index (κ2) is 5.76. The van der Waals surface area contributed by atoms with Crippen LogP contribution in [0.25, 0.3) is 0 Å². The minimum Gasteiger partial charge on any atom is -0.351 e. The highest BCUT2D eigenvalue weighted by molar-refractivity contribution is 5.80. The second-order valence-electron chi connectivity index (χ2n) is 3.16. The zero-order chi connectivity index (χ0) is 11.1. The molecule has 0 aliphatic carbocycles. The number of aromatic nitrogens is 1. The number of nitrogens with zero attached hydrogens (tertiary/aromatic N) is 2. The summed E-state index contributed by atoms with van der Waals surface area (Å²) in [5.41, 5.74) is 0.978. The third kappa shape index (κ3) is 3.39. The summed E-state index contributed by atoms with van der Waals surface area (Å²) >= 11 is 0. The number of hydrogen-bond donors (Lipinski definition) is 1. The van der Waals surface area contributed by atoms with Crippen molar-refractivity contribution in [2.75, 3.05) is 0 Å². The van der Waals surface area contributed by atoms with E-state index in [1.807, 2.05) is 25.1 Å². The smallest absolute Gasteiger partial charge is 0.237 e. The molecule has 1 rings (SSSR count). The Hall–Kier alpha value is -1.89. The lowest BCUT2D eigenvalue weighted by Crippen LogP contribution is -2.29. The molecule has 1 atom stereocenters. The van der Waals surface area contributed by atoms with E-state index < -0.39 is 5.92 Å². The fraction of sp³-hybridized carbons (Fsp3) is 0.364. The first kappa shape index (κ1) is 11.2. The van der Waals surface area contributed by atoms with Crippen molar-refractivity contribution in [2.24, 2.45) is 5.92 Å². The molecule has 1 aromatic heterocycles. The maximum atomic E-state index is 11.4. The zero-order valence-electron chi connectivity index (χ0n) is 8.60. The summed E-state index contributed by atoms with van der Waals surface area (Å²) in [6.07, 6.45) is 3.88. The van der Waals surface area contributed by atoms with Gasteiger partial charge in [0.2, 0.25) is 5.91 Å². The summed E-state index contributed by atoms with van der Waals surface area (Å²) < 4.78 is 0. The van der Waals surface area contributed by atoms with Crippen molar-refractivity contribution in [1.29, 1.82) is 5.26 Å². The first-order chi connectivity index (χ1) is 7.27. The Morgan fingerprint density at radius 3 is 2.80 bits per heavy atom. The van der Waals surface area contributed by atoms with E-state index in [0.717, 1.165) is 5.56 Å². The van der Waals surface area contributed by atoms with Crippen molar-refractivity contribution in [3.05, 3.63) is 30.1 Å². The number of nitriles is 1. The lowest BCUT2D eigenvalue weighted by molar-refractivity contribution is -0.123. The third-order valence-electron chi connectivity index (χ3n) is 2.10. The lowest BCUT2D eigenvalue weighted by Gasteiger charge is -2.07. The van der Waals surface area contributed by atoms with E-state index in [1.165, 1.54) is 0 Å². The minimum absolute atomic E-state index is 0.211. The van der Waals surface area contributed by atoms with Crippen molar-refractivity contribution >= 4 is 5.91 Å². The maximum Gasteiger partial charge on any atom is 0.237 e. The van der Waals surface area contributed by atoms with Gasteiger partial charge in [0, 0.05) is 18.9 Å². The predicted molar refractivity (Wildman–Crippen MR) is 55.5 cm³/mol. The predicted octanol–water partition coefficient (Wildman–Crippen LogP) is 1.25. The summed E-state index contributed by atoms with van der Waals surface area (Å²) in [5, 5.41) is 11.4. The monoisotopic (exact) mass is 203 g/mol. The van der Waals surface area contributed by atoms with Gasteiger partial charge in [-0.05, 0) is 24.1 Å². The fourth-order valence-corrected chi connectivity index (χ4v) is 1.15. The Kier molecular flexibility index (Phi) is 4.30. The summed E-state index contributed by atoms with van der Waals surface area (Å²) in [6, 6.07) is 5.62. The number of pyridine rings is 1. The number of nitrogens with one attached hydrogen (secondary N) is 1. The van der Waals surface area contributed by atoms with Gasteiger partial charge in [-0.3, -0.25) is 9.78 Å². The maximum absolute atomic E-state index is 11.4. The molecular weight excluding hydrogens is 190 g/mol. The molecule has 0 saturated heterocycles. The van der Waals surface area contributed by atoms with Crippen molar-refractivity contribution in [3.63, 3.8) is 0 Å². The summed E-state index contributed by atoms with van der Waals surface area (Å²) in [6.45, 7) is 2.26. The molecule has 0 radical (unpaired) electrons. The molecule has 1 N–H and O–H groups in total. The van der Waals surface area contributed by atoms with Gasteiger partial charge in [0.1, 0.15) is 5.92 Å². The van der Waals surface area contributed by atoms with E-state index in [1.54, 1.807) is 12.4 Å². The van der Waals surface area contributed by atoms with Crippen LogP contribution in [-0.2, 0) is 11.3 Å². The summed E-state index contributed by atoms with van der Waals surface area (Å²) in [4.78, 5) is 15.3. The van der Waals surface area contributed by atoms with Gasteiger partial charge in [-0.15, -0.1) is 0 Å². The highest BCUT2D eigenvalue weighted by Gasteiger charge is 2.14. The number of amides is 1. The Balaban J connectivity index is 2.45. The average molecular weight is 203 g/mol. The highest BCUT2D eigenvalue weighted by atomic mass is 16.1. The molecule has 4 nitrogen and oxygen atoms in total. The molecule has 15 heavy (non-hydrogen) atoms. The van der Waals surface area contributed by atoms with Crippen LogP contribution in [0.3, 0.4) is 0 Å². The van der Waals surface area contributed by atoms with E-state index >= 15 is 0 Å². The number of hydrogen-bond acceptors (Lipinski definition) is 3. The van der Waals surface area contributed by atoms with Crippen LogP contribution in [0.5, 0.6) is 0 Å². The number of rotatable bonds is 4. The zero-order valence-corrected chi connectivity index (χ0v) is 8.60. The molecule has 1 heterocycles. The molecule has 0 aliphatic rings. The molecule has 0 fully saturated rings. The van der Waals surface area contributed by atoms with Crippen LogP contribution in [-0.4, -0.2) is 10.9 Å². The van der Waals surface area contributed by atoms with Gasteiger partial charge in [-0.2, -0.15) is 5.26 Å². The van der Waals surface area contributed by atoms with Gasteiger partial charge >= 0.3 is 0 Å². The molecule has 1 aromatic rings. The largest absolute Gasteiger partial charge is 0.351 e. The van der Waals surface area contributed by atoms with E-state index in [0.29, 0.717) is 13.0 Å². The van der Waals surface area contributed by atoms with Crippen LogP contribution < -0.4 is 5.32 Å². The van der Waals surface area contributed by atoms with Gasteiger partial charge in [0.15, 0.2) is 0 Å². The Morgan fingerprint density at radius 2 is 2.27 bits per heavy atom. The molecule has 0 aromatic carbocycles. The standard InChI is InChI=1S/C11H13N3O/c1-2-10(7-12)11(15)14-8-9-3-5-13-6-4-9/h3-6,10H,2,8H2,1H3,(H,14,15).